The van der Waals surface area contributed by atoms with Crippen molar-refractivity contribution < 1.29 is 55.3 Å². The van der Waals surface area contributed by atoms with E-state index >= 15 is 0 Å². The third-order valence-electron chi connectivity index (χ3n) is 13.4. The van der Waals surface area contributed by atoms with Gasteiger partial charge in [-0.2, -0.15) is 26.3 Å². The fraction of sp³-hybridized carbons (Fsp3) is 0.927. The van der Waals surface area contributed by atoms with Gasteiger partial charge in [0.2, 0.25) is 0 Å². The van der Waals surface area contributed by atoms with Crippen molar-refractivity contribution in [2.75, 3.05) is 0 Å². The molecular formula is C41H76F6I2O6. The Bertz CT molecular complexity index is 1140. The molecule has 0 aromatic heterocycles. The van der Waals surface area contributed by atoms with Crippen molar-refractivity contribution in [2.24, 2.45) is 71.0 Å². The fourth-order valence-electron chi connectivity index (χ4n) is 9.55. The van der Waals surface area contributed by atoms with Gasteiger partial charge in [-0.3, -0.25) is 14.4 Å². The molecule has 4 bridgehead atoms. The largest absolute Gasteiger partial charge is 0.459 e. The highest BCUT2D eigenvalue weighted by Crippen LogP contribution is 2.59. The van der Waals surface area contributed by atoms with Gasteiger partial charge in [-0.1, -0.05) is 86.1 Å². The molecule has 12 unspecified atom stereocenters. The maximum absolute atomic E-state index is 12.7. The molecule has 14 heteroatoms. The summed E-state index contributed by atoms with van der Waals surface area (Å²) in [5.74, 6) is 1.70. The van der Waals surface area contributed by atoms with Gasteiger partial charge in [-0.25, -0.2) is 0 Å². The molecule has 1 N–H and O–H groups in total. The minimum Gasteiger partial charge on any atom is -0.459 e. The summed E-state index contributed by atoms with van der Waals surface area (Å²) in [6.07, 6.45) is -4.71. The first-order valence-electron chi connectivity index (χ1n) is 17.5. The summed E-state index contributed by atoms with van der Waals surface area (Å²) in [6.45, 7) is 14.1. The van der Waals surface area contributed by atoms with Crippen LogP contribution in [0.3, 0.4) is 0 Å². The molecular weight excluding hydrogens is 956 g/mol. The second kappa shape index (κ2) is 23.4. The normalized spacial score (nSPS) is 34.7. The zero-order valence-electron chi connectivity index (χ0n) is 29.3. The van der Waals surface area contributed by atoms with Gasteiger partial charge in [0.05, 0.1) is 17.8 Å². The summed E-state index contributed by atoms with van der Waals surface area (Å²) in [5.41, 5.74) is -4.73. The number of hydrogen-bond donors (Lipinski definition) is 1. The predicted octanol–water partition coefficient (Wildman–Crippen LogP) is 13.9. The number of carbonyl (C=O) groups excluding carboxylic acids is 3. The van der Waals surface area contributed by atoms with Crippen LogP contribution in [0.5, 0.6) is 0 Å². The van der Waals surface area contributed by atoms with E-state index in [0.717, 1.165) is 31.1 Å². The summed E-state index contributed by atoms with van der Waals surface area (Å²) in [6, 6.07) is 0. The second-order valence-corrected chi connectivity index (χ2v) is 16.0. The van der Waals surface area contributed by atoms with Gasteiger partial charge in [0.15, 0.2) is 0 Å². The molecule has 6 rings (SSSR count). The minimum absolute atomic E-state index is 0. The number of halogens is 8. The Morgan fingerprint density at radius 3 is 1.40 bits per heavy atom. The lowest BCUT2D eigenvalue weighted by Crippen LogP contribution is -2.58. The minimum atomic E-state index is -5.69. The number of alkyl halides is 6. The first-order chi connectivity index (χ1) is 22.5. The van der Waals surface area contributed by atoms with Crippen molar-refractivity contribution in [1.29, 1.82) is 0 Å². The molecule has 55 heavy (non-hydrogen) atoms. The van der Waals surface area contributed by atoms with Gasteiger partial charge >= 0.3 is 30.3 Å². The topological polar surface area (TPSA) is 89.9 Å². The van der Waals surface area contributed by atoms with Gasteiger partial charge in [-0.15, -0.1) is 0 Å². The van der Waals surface area contributed by atoms with Gasteiger partial charge in [0, 0.05) is 37.2 Å². The van der Waals surface area contributed by atoms with E-state index in [1.54, 1.807) is 13.8 Å². The Morgan fingerprint density at radius 1 is 0.709 bits per heavy atom. The highest BCUT2D eigenvalue weighted by Gasteiger charge is 2.71. The molecule has 6 nitrogen and oxygen atoms in total. The van der Waals surface area contributed by atoms with Gasteiger partial charge in [0.25, 0.3) is 5.60 Å². The quantitative estimate of drug-likeness (QED) is 0.131. The van der Waals surface area contributed by atoms with E-state index < -0.39 is 42.2 Å². The average molecular weight is 1030 g/mol. The first-order valence-corrected chi connectivity index (χ1v) is 23.8. The Morgan fingerprint density at radius 2 is 1.09 bits per heavy atom. The van der Waals surface area contributed by atoms with E-state index in [-0.39, 0.29) is 91.6 Å². The highest BCUT2D eigenvalue weighted by molar-refractivity contribution is 15.0. The second-order valence-electron chi connectivity index (χ2n) is 16.0. The van der Waals surface area contributed by atoms with Crippen molar-refractivity contribution in [3.63, 3.8) is 0 Å². The van der Waals surface area contributed by atoms with E-state index in [0.29, 0.717) is 30.6 Å². The summed E-state index contributed by atoms with van der Waals surface area (Å²) >= 11 is 4.24. The van der Waals surface area contributed by atoms with Gasteiger partial charge in [-0.05, 0) is 118 Å². The number of hydrogen-bond acceptors (Lipinski definition) is 6. The van der Waals surface area contributed by atoms with Crippen LogP contribution in [0.25, 0.3) is 0 Å². The molecule has 5 aliphatic carbocycles. The number of rotatable bonds is 4. The Labute approximate surface area is 353 Å². The number of carbonyl (C=O) groups is 3. The van der Waals surface area contributed by atoms with Crippen LogP contribution >= 0.6 is 37.2 Å². The zero-order chi connectivity index (χ0) is 37.4. The van der Waals surface area contributed by atoms with Crippen molar-refractivity contribution in [3.8, 4) is 0 Å². The maximum Gasteiger partial charge on any atom is 0.426 e. The van der Waals surface area contributed by atoms with Crippen LogP contribution in [-0.2, 0) is 23.9 Å². The summed E-state index contributed by atoms with van der Waals surface area (Å²) in [5, 5.41) is 9.28. The maximum atomic E-state index is 12.7. The molecule has 0 aromatic carbocycles. The molecule has 6 aliphatic rings. The summed E-state index contributed by atoms with van der Waals surface area (Å²) in [7, 11) is 0. The van der Waals surface area contributed by atoms with E-state index in [1.165, 1.54) is 19.3 Å². The van der Waals surface area contributed by atoms with Crippen LogP contribution in [-0.4, -0.2) is 46.6 Å². The summed E-state index contributed by atoms with van der Waals surface area (Å²) in [4.78, 5) is 33.5. The van der Waals surface area contributed by atoms with E-state index in [2.05, 4.69) is 62.7 Å². The molecule has 12 atom stereocenters. The molecule has 0 radical (unpaired) electrons. The lowest BCUT2D eigenvalue weighted by molar-refractivity contribution is -0.373. The molecule has 1 aliphatic heterocycles. The Hall–Kier alpha value is -0.390. The average Bonchev–Trinajstić information content (AvgIpc) is 3.86. The van der Waals surface area contributed by atoms with Gasteiger partial charge < -0.3 is 14.6 Å². The Kier molecular flexibility index (Phi) is 26.1. The third-order valence-corrected chi connectivity index (χ3v) is 13.4. The predicted molar refractivity (Wildman–Crippen MR) is 229 cm³/mol. The highest BCUT2D eigenvalue weighted by atomic mass is 128. The number of cyclic esters (lactones) is 2. The van der Waals surface area contributed by atoms with E-state index in [4.69, 9.17) is 4.74 Å². The number of ether oxygens (including phenoxy) is 2. The first kappa shape index (κ1) is 61.3. The lowest BCUT2D eigenvalue weighted by Gasteiger charge is -2.39. The van der Waals surface area contributed by atoms with Crippen LogP contribution in [0.1, 0.15) is 151 Å². The van der Waals surface area contributed by atoms with Crippen molar-refractivity contribution in [2.45, 2.75) is 174 Å². The molecule has 0 spiro atoms. The fourth-order valence-corrected chi connectivity index (χ4v) is 9.55. The molecule has 0 amide bonds. The molecule has 0 aromatic rings. The van der Waals surface area contributed by atoms with E-state index in [1.807, 2.05) is 13.8 Å². The van der Waals surface area contributed by atoms with Crippen molar-refractivity contribution in [1.82, 2.24) is 0 Å². The smallest absolute Gasteiger partial charge is 0.426 e. The zero-order valence-corrected chi connectivity index (χ0v) is 33.6. The van der Waals surface area contributed by atoms with Crippen molar-refractivity contribution in [3.05, 3.63) is 0 Å². The van der Waals surface area contributed by atoms with Crippen LogP contribution in [0.15, 0.2) is 0 Å². The van der Waals surface area contributed by atoms with Crippen molar-refractivity contribution >= 4 is 55.1 Å². The molecule has 5 saturated carbocycles. The molecule has 332 valence electrons. The molecule has 1 heterocycles. The monoisotopic (exact) mass is 1030 g/mol. The van der Waals surface area contributed by atoms with E-state index in [9.17, 15) is 45.8 Å². The molecule has 1 saturated heterocycles. The Balaban J connectivity index is -0.000000346. The number of fused-ring (bicyclic) bond motifs is 4. The molecule has 6 fully saturated rings. The standard InChI is InChI=1S/C16H26O2.C13H18F6O.C6H8O3.6CH4.I2/c1-10-11(2)13-8-12(10)9-14(13)15(17)18-16(3)6-4-5-7-16;1-6-7(2)10-4-8(6)3-9(10)5-11(20,12(14,15)16)13(17,18)19;1-3-4(2)6(8)9-5(3)7;;;;;;;1-2/h10-14H,4-9H2,1-3H3;6-10,20H,3-5H2,1-2H3;3-4H,1-2H3;6*1H4;. The number of esters is 3. The SMILES string of the molecule is C.C.C.C.C.C.CC1C(=O)OC(=O)C1C.CC1C2CC(C(=O)OC3(C)CCCC3)C(C2)C1C.CC1C2CC(CC(O)(C(F)(F)F)C(F)(F)F)C(C2)C1C.II. The van der Waals surface area contributed by atoms with Crippen LogP contribution in [0.2, 0.25) is 0 Å². The number of aliphatic hydroxyl groups is 1. The van der Waals surface area contributed by atoms with Crippen LogP contribution in [0.4, 0.5) is 26.3 Å². The van der Waals surface area contributed by atoms with Crippen LogP contribution < -0.4 is 0 Å². The van der Waals surface area contributed by atoms with Gasteiger partial charge in [0.1, 0.15) is 5.60 Å². The third kappa shape index (κ3) is 13.0. The lowest BCUT2D eigenvalue weighted by atomic mass is 9.72. The summed E-state index contributed by atoms with van der Waals surface area (Å²) < 4.78 is 86.4. The van der Waals surface area contributed by atoms with Crippen LogP contribution in [0, 0.1) is 71.0 Å².